The van der Waals surface area contributed by atoms with E-state index in [0.717, 1.165) is 17.7 Å². The fourth-order valence-electron chi connectivity index (χ4n) is 3.46. The Bertz CT molecular complexity index is 1220. The minimum Gasteiger partial charge on any atom is -0.488 e. The van der Waals surface area contributed by atoms with Crippen molar-refractivity contribution in [2.45, 2.75) is 23.8 Å². The summed E-state index contributed by atoms with van der Waals surface area (Å²) >= 11 is 5.84. The van der Waals surface area contributed by atoms with Crippen molar-refractivity contribution in [2.24, 2.45) is 7.05 Å². The van der Waals surface area contributed by atoms with E-state index < -0.39 is 34.1 Å². The van der Waals surface area contributed by atoms with Crippen LogP contribution in [-0.4, -0.2) is 31.8 Å². The summed E-state index contributed by atoms with van der Waals surface area (Å²) in [7, 11) is -0.0660. The van der Waals surface area contributed by atoms with Crippen LogP contribution < -0.4 is 14.8 Å². The highest BCUT2D eigenvalue weighted by Gasteiger charge is 2.36. The summed E-state index contributed by atoms with van der Waals surface area (Å²) in [5.74, 6) is -2.54. The molecule has 1 aliphatic heterocycles. The van der Waals surface area contributed by atoms with Crippen molar-refractivity contribution in [2.75, 3.05) is 11.9 Å². The minimum atomic E-state index is -1.67. The number of aromatic nitrogens is 2. The van der Waals surface area contributed by atoms with Crippen molar-refractivity contribution >= 4 is 34.2 Å². The lowest BCUT2D eigenvalue weighted by Crippen LogP contribution is -2.48. The Morgan fingerprint density at radius 3 is 2.81 bits per heavy atom. The monoisotopic (exact) mass is 480 g/mol. The summed E-state index contributed by atoms with van der Waals surface area (Å²) in [6.45, 7) is 1.97. The highest BCUT2D eigenvalue weighted by atomic mass is 35.5. The van der Waals surface area contributed by atoms with Gasteiger partial charge in [-0.2, -0.15) is 0 Å². The lowest BCUT2D eigenvalue weighted by molar-refractivity contribution is 0.101. The van der Waals surface area contributed by atoms with Crippen LogP contribution in [0.15, 0.2) is 47.6 Å². The summed E-state index contributed by atoms with van der Waals surface area (Å²) < 4.78 is 50.2. The summed E-state index contributed by atoms with van der Waals surface area (Å²) in [4.78, 5) is 17.3. The number of anilines is 1. The Kier molecular flexibility index (Phi) is 6.02. The molecule has 0 spiro atoms. The first-order valence-electron chi connectivity index (χ1n) is 9.54. The second-order valence-electron chi connectivity index (χ2n) is 7.75. The van der Waals surface area contributed by atoms with Crippen molar-refractivity contribution in [3.8, 4) is 5.75 Å². The van der Waals surface area contributed by atoms with Gasteiger partial charge in [-0.3, -0.25) is 4.79 Å². The summed E-state index contributed by atoms with van der Waals surface area (Å²) in [5, 5.41) is 2.89. The second kappa shape index (κ2) is 8.61. The SMILES string of the molecule is Cn1cc2c(c1C(=O)Nc1ccc(F)c(F)c1)OCC(C)(Cc1ccc(Cl)nc1)NS2=O. The quantitative estimate of drug-likeness (QED) is 0.559. The molecule has 168 valence electrons. The number of nitrogens with one attached hydrogen (secondary N) is 2. The average molecular weight is 481 g/mol. The molecule has 11 heteroatoms. The van der Waals surface area contributed by atoms with Crippen LogP contribution in [-0.2, 0) is 24.5 Å². The first kappa shape index (κ1) is 22.4. The molecule has 0 fully saturated rings. The Morgan fingerprint density at radius 2 is 2.12 bits per heavy atom. The molecule has 1 amide bonds. The van der Waals surface area contributed by atoms with Gasteiger partial charge in [0.05, 0.1) is 5.54 Å². The molecule has 0 radical (unpaired) electrons. The molecule has 0 saturated heterocycles. The Morgan fingerprint density at radius 1 is 1.34 bits per heavy atom. The van der Waals surface area contributed by atoms with Crippen LogP contribution in [0.25, 0.3) is 0 Å². The third-order valence-corrected chi connectivity index (χ3v) is 6.54. The van der Waals surface area contributed by atoms with E-state index in [4.69, 9.17) is 16.3 Å². The fraction of sp³-hybridized carbons (Fsp3) is 0.238. The third-order valence-electron chi connectivity index (χ3n) is 4.95. The van der Waals surface area contributed by atoms with Crippen LogP contribution in [0.1, 0.15) is 23.0 Å². The number of nitrogens with zero attached hydrogens (tertiary/aromatic N) is 2. The number of benzene rings is 1. The zero-order chi connectivity index (χ0) is 23.0. The predicted molar refractivity (Wildman–Crippen MR) is 116 cm³/mol. The molecule has 7 nitrogen and oxygen atoms in total. The van der Waals surface area contributed by atoms with Gasteiger partial charge < -0.3 is 14.6 Å². The molecule has 1 aromatic carbocycles. The van der Waals surface area contributed by atoms with Crippen molar-refractivity contribution in [3.63, 3.8) is 0 Å². The molecule has 3 aromatic rings. The Balaban J connectivity index is 1.59. The number of fused-ring (bicyclic) bond motifs is 1. The van der Waals surface area contributed by atoms with Gasteiger partial charge >= 0.3 is 0 Å². The van der Waals surface area contributed by atoms with Crippen LogP contribution >= 0.6 is 11.6 Å². The maximum absolute atomic E-state index is 13.5. The van der Waals surface area contributed by atoms with Gasteiger partial charge in [-0.1, -0.05) is 17.7 Å². The van der Waals surface area contributed by atoms with E-state index in [1.54, 1.807) is 19.3 Å². The van der Waals surface area contributed by atoms with Gasteiger partial charge in [0.15, 0.2) is 23.1 Å². The van der Waals surface area contributed by atoms with Crippen LogP contribution in [0.2, 0.25) is 5.15 Å². The van der Waals surface area contributed by atoms with E-state index in [2.05, 4.69) is 15.0 Å². The molecule has 0 aliphatic carbocycles. The number of carbonyl (C=O) groups excluding carboxylic acids is 1. The summed E-state index contributed by atoms with van der Waals surface area (Å²) in [5.41, 5.74) is 0.334. The van der Waals surface area contributed by atoms with Crippen molar-refractivity contribution < 1.29 is 22.5 Å². The number of amides is 1. The largest absolute Gasteiger partial charge is 0.488 e. The predicted octanol–water partition coefficient (Wildman–Crippen LogP) is 3.61. The van der Waals surface area contributed by atoms with E-state index in [1.807, 2.05) is 13.0 Å². The molecule has 0 bridgehead atoms. The van der Waals surface area contributed by atoms with Gasteiger partial charge in [0.25, 0.3) is 5.91 Å². The van der Waals surface area contributed by atoms with Gasteiger partial charge in [-0.25, -0.2) is 22.7 Å². The molecule has 0 saturated carbocycles. The number of aryl methyl sites for hydroxylation is 1. The van der Waals surface area contributed by atoms with Crippen molar-refractivity contribution in [1.29, 1.82) is 0 Å². The van der Waals surface area contributed by atoms with Crippen LogP contribution in [0.5, 0.6) is 5.75 Å². The highest BCUT2D eigenvalue weighted by molar-refractivity contribution is 7.83. The number of ether oxygens (including phenoxy) is 1. The topological polar surface area (TPSA) is 85.2 Å². The van der Waals surface area contributed by atoms with E-state index in [9.17, 15) is 17.8 Å². The van der Waals surface area contributed by atoms with Crippen LogP contribution in [0.3, 0.4) is 0 Å². The van der Waals surface area contributed by atoms with Crippen LogP contribution in [0, 0.1) is 11.6 Å². The molecule has 2 unspecified atom stereocenters. The molecule has 32 heavy (non-hydrogen) atoms. The average Bonchev–Trinajstić information content (AvgIpc) is 3.02. The molecular formula is C21H19ClF2N4O3S. The van der Waals surface area contributed by atoms with Crippen LogP contribution in [0.4, 0.5) is 14.5 Å². The number of carbonyl (C=O) groups is 1. The molecular weight excluding hydrogens is 462 g/mol. The zero-order valence-corrected chi connectivity index (χ0v) is 18.7. The van der Waals surface area contributed by atoms with Crippen molar-refractivity contribution in [1.82, 2.24) is 14.3 Å². The first-order valence-corrected chi connectivity index (χ1v) is 11.1. The fourth-order valence-corrected chi connectivity index (χ4v) is 4.84. The lowest BCUT2D eigenvalue weighted by Gasteiger charge is -2.27. The van der Waals surface area contributed by atoms with Gasteiger partial charge in [0.2, 0.25) is 0 Å². The summed E-state index contributed by atoms with van der Waals surface area (Å²) in [6, 6.07) is 6.54. The van der Waals surface area contributed by atoms with E-state index >= 15 is 0 Å². The summed E-state index contributed by atoms with van der Waals surface area (Å²) in [6.07, 6.45) is 3.63. The molecule has 2 aromatic heterocycles. The van der Waals surface area contributed by atoms with E-state index in [0.29, 0.717) is 16.5 Å². The van der Waals surface area contributed by atoms with Gasteiger partial charge in [0.1, 0.15) is 27.6 Å². The molecule has 1 aliphatic rings. The number of hydrogen-bond donors (Lipinski definition) is 2. The maximum atomic E-state index is 13.5. The molecule has 4 rings (SSSR count). The number of pyridine rings is 1. The van der Waals surface area contributed by atoms with E-state index in [1.165, 1.54) is 16.8 Å². The maximum Gasteiger partial charge on any atom is 0.276 e. The van der Waals surface area contributed by atoms with Gasteiger partial charge in [-0.05, 0) is 37.1 Å². The van der Waals surface area contributed by atoms with Gasteiger partial charge in [-0.15, -0.1) is 0 Å². The molecule has 2 N–H and O–H groups in total. The lowest BCUT2D eigenvalue weighted by atomic mass is 9.96. The van der Waals surface area contributed by atoms with Gasteiger partial charge in [0, 0.05) is 31.2 Å². The zero-order valence-electron chi connectivity index (χ0n) is 17.1. The minimum absolute atomic E-state index is 0.0804. The number of hydrogen-bond acceptors (Lipinski definition) is 4. The van der Waals surface area contributed by atoms with E-state index in [-0.39, 0.29) is 23.7 Å². The normalized spacial score (nSPS) is 20.2. The second-order valence-corrected chi connectivity index (χ2v) is 9.32. The first-order chi connectivity index (χ1) is 15.1. The third kappa shape index (κ3) is 4.52. The number of halogens is 3. The molecule has 2 atom stereocenters. The van der Waals surface area contributed by atoms with Crippen molar-refractivity contribution in [3.05, 3.63) is 70.8 Å². The number of rotatable bonds is 4. The highest BCUT2D eigenvalue weighted by Crippen LogP contribution is 2.33. The smallest absolute Gasteiger partial charge is 0.276 e. The standard InChI is InChI=1S/C21H19ClF2N4O3S/c1-21(8-12-3-6-17(22)25-9-12)11-31-19-16(32(30)27-21)10-28(2)18(19)20(29)26-13-4-5-14(23)15(24)7-13/h3-7,9-10,27H,8,11H2,1-2H3,(H,26,29). The molecule has 3 heterocycles. The Hall–Kier alpha value is -2.82. The Labute approximate surface area is 190 Å².